The van der Waals surface area contributed by atoms with Crippen LogP contribution >= 0.6 is 0 Å². The van der Waals surface area contributed by atoms with Gasteiger partial charge in [0.25, 0.3) is 11.8 Å². The van der Waals surface area contributed by atoms with Gasteiger partial charge in [0.2, 0.25) is 0 Å². The van der Waals surface area contributed by atoms with Crippen molar-refractivity contribution in [2.45, 2.75) is 6.10 Å². The summed E-state index contributed by atoms with van der Waals surface area (Å²) in [5.74, 6) is -1.25. The summed E-state index contributed by atoms with van der Waals surface area (Å²) in [6.07, 6.45) is -0.559. The zero-order valence-electron chi connectivity index (χ0n) is 17.5. The lowest BCUT2D eigenvalue weighted by atomic mass is 10.0. The summed E-state index contributed by atoms with van der Waals surface area (Å²) < 4.78 is 5.88. The predicted molar refractivity (Wildman–Crippen MR) is 124 cm³/mol. The Kier molecular flexibility index (Phi) is 5.29. The Morgan fingerprint density at radius 2 is 1.06 bits per heavy atom. The molecule has 160 valence electrons. The quantitative estimate of drug-likeness (QED) is 0.311. The molecule has 0 spiro atoms. The monoisotopic (exact) mass is 433 g/mol. The van der Waals surface area contributed by atoms with Crippen molar-refractivity contribution in [2.24, 2.45) is 0 Å². The summed E-state index contributed by atoms with van der Waals surface area (Å²) in [6.45, 7) is 0. The third-order valence-corrected chi connectivity index (χ3v) is 5.58. The molecule has 4 aromatic carbocycles. The van der Waals surface area contributed by atoms with Crippen LogP contribution in [0.5, 0.6) is 0 Å². The summed E-state index contributed by atoms with van der Waals surface area (Å²) in [4.78, 5) is 39.5. The lowest BCUT2D eigenvalue weighted by Gasteiger charge is -2.19. The van der Waals surface area contributed by atoms with Gasteiger partial charge in [0.15, 0.2) is 6.10 Å². The molecule has 0 saturated heterocycles. The summed E-state index contributed by atoms with van der Waals surface area (Å²) in [5, 5.41) is 0. The Morgan fingerprint density at radius 1 is 0.606 bits per heavy atom. The second-order valence-electron chi connectivity index (χ2n) is 7.64. The number of carbonyl (C=O) groups is 3. The number of nitrogens with zero attached hydrogens (tertiary/aromatic N) is 1. The Morgan fingerprint density at radius 3 is 1.55 bits per heavy atom. The van der Waals surface area contributed by atoms with Gasteiger partial charge in [-0.1, -0.05) is 72.8 Å². The molecular formula is C28H19NO4. The highest BCUT2D eigenvalue weighted by molar-refractivity contribution is 6.34. The Bertz CT molecular complexity index is 1260. The first kappa shape index (κ1) is 20.4. The largest absolute Gasteiger partial charge is 0.449 e. The molecule has 1 aliphatic rings. The molecule has 5 nitrogen and oxygen atoms in total. The highest BCUT2D eigenvalue weighted by Gasteiger charge is 2.36. The van der Waals surface area contributed by atoms with Crippen molar-refractivity contribution >= 4 is 23.5 Å². The van der Waals surface area contributed by atoms with Crippen LogP contribution in [0.4, 0.5) is 5.69 Å². The van der Waals surface area contributed by atoms with E-state index in [0.29, 0.717) is 22.4 Å². The average molecular weight is 433 g/mol. The van der Waals surface area contributed by atoms with E-state index in [4.69, 9.17) is 4.74 Å². The number of carbonyl (C=O) groups excluding carboxylic acids is 3. The fraction of sp³-hybridized carbons (Fsp3) is 0.0357. The van der Waals surface area contributed by atoms with E-state index in [2.05, 4.69) is 0 Å². The van der Waals surface area contributed by atoms with Crippen LogP contribution in [-0.2, 0) is 4.74 Å². The van der Waals surface area contributed by atoms with Crippen LogP contribution in [0.3, 0.4) is 0 Å². The highest BCUT2D eigenvalue weighted by atomic mass is 16.5. The molecule has 0 bridgehead atoms. The summed E-state index contributed by atoms with van der Waals surface area (Å²) in [5.41, 5.74) is 3.20. The molecule has 0 fully saturated rings. The molecule has 0 unspecified atom stereocenters. The van der Waals surface area contributed by atoms with E-state index in [1.54, 1.807) is 48.5 Å². The number of imide groups is 1. The van der Waals surface area contributed by atoms with Gasteiger partial charge in [-0.25, -0.2) is 9.69 Å². The number of hydrogen-bond acceptors (Lipinski definition) is 4. The molecule has 1 aliphatic heterocycles. The normalized spacial score (nSPS) is 12.7. The SMILES string of the molecule is O=C(OC(c1ccccc1)c1ccccc1)c1ccc(N2C(=O)c3ccccc3C2=O)cc1. The Balaban J connectivity index is 1.39. The van der Waals surface area contributed by atoms with Crippen LogP contribution in [0.15, 0.2) is 109 Å². The molecule has 0 aromatic heterocycles. The summed E-state index contributed by atoms with van der Waals surface area (Å²) in [7, 11) is 0. The number of rotatable bonds is 5. The van der Waals surface area contributed by atoms with Crippen LogP contribution in [0.1, 0.15) is 48.3 Å². The number of ether oxygens (including phenoxy) is 1. The van der Waals surface area contributed by atoms with Gasteiger partial charge in [0.05, 0.1) is 22.4 Å². The van der Waals surface area contributed by atoms with E-state index >= 15 is 0 Å². The highest BCUT2D eigenvalue weighted by Crippen LogP contribution is 2.30. The fourth-order valence-corrected chi connectivity index (χ4v) is 3.93. The second kappa shape index (κ2) is 8.55. The van der Waals surface area contributed by atoms with Gasteiger partial charge in [-0.3, -0.25) is 9.59 Å². The molecule has 33 heavy (non-hydrogen) atoms. The maximum atomic E-state index is 13.0. The number of esters is 1. The van der Waals surface area contributed by atoms with E-state index in [0.717, 1.165) is 16.0 Å². The van der Waals surface area contributed by atoms with Crippen molar-refractivity contribution < 1.29 is 19.1 Å². The first-order valence-electron chi connectivity index (χ1n) is 10.5. The van der Waals surface area contributed by atoms with Gasteiger partial charge in [-0.05, 0) is 47.5 Å². The van der Waals surface area contributed by atoms with Gasteiger partial charge in [0, 0.05) is 0 Å². The summed E-state index contributed by atoms with van der Waals surface area (Å²) in [6, 6.07) is 32.1. The van der Waals surface area contributed by atoms with Crippen LogP contribution in [0, 0.1) is 0 Å². The number of anilines is 1. The predicted octanol–water partition coefficient (Wildman–Crippen LogP) is 5.43. The van der Waals surface area contributed by atoms with Gasteiger partial charge < -0.3 is 4.74 Å². The van der Waals surface area contributed by atoms with Crippen molar-refractivity contribution in [1.82, 2.24) is 0 Å². The van der Waals surface area contributed by atoms with Gasteiger partial charge >= 0.3 is 5.97 Å². The number of fused-ring (bicyclic) bond motifs is 1. The Labute approximate surface area is 190 Å². The molecule has 2 amide bonds. The van der Waals surface area contributed by atoms with Crippen molar-refractivity contribution in [1.29, 1.82) is 0 Å². The molecule has 4 aromatic rings. The van der Waals surface area contributed by atoms with Crippen LogP contribution in [-0.4, -0.2) is 17.8 Å². The van der Waals surface area contributed by atoms with Crippen molar-refractivity contribution in [2.75, 3.05) is 4.90 Å². The number of benzene rings is 4. The van der Waals surface area contributed by atoms with E-state index in [-0.39, 0.29) is 11.8 Å². The second-order valence-corrected chi connectivity index (χ2v) is 7.64. The lowest BCUT2D eigenvalue weighted by molar-refractivity contribution is 0.0378. The van der Waals surface area contributed by atoms with Gasteiger partial charge in [-0.15, -0.1) is 0 Å². The van der Waals surface area contributed by atoms with Crippen molar-refractivity contribution in [3.8, 4) is 0 Å². The molecule has 5 rings (SSSR count). The van der Waals surface area contributed by atoms with E-state index in [9.17, 15) is 14.4 Å². The smallest absolute Gasteiger partial charge is 0.339 e. The molecular weight excluding hydrogens is 414 g/mol. The minimum Gasteiger partial charge on any atom is -0.449 e. The molecule has 0 saturated carbocycles. The maximum Gasteiger partial charge on any atom is 0.339 e. The molecule has 1 heterocycles. The van der Waals surface area contributed by atoms with Crippen molar-refractivity contribution in [3.63, 3.8) is 0 Å². The minimum atomic E-state index is -0.559. The molecule has 0 aliphatic carbocycles. The van der Waals surface area contributed by atoms with Gasteiger partial charge in [0.1, 0.15) is 0 Å². The Hall–Kier alpha value is -4.51. The zero-order chi connectivity index (χ0) is 22.8. The van der Waals surface area contributed by atoms with E-state index in [1.165, 1.54) is 0 Å². The summed E-state index contributed by atoms with van der Waals surface area (Å²) >= 11 is 0. The standard InChI is InChI=1S/C28H19NO4/c30-26-23-13-7-8-14-24(23)27(31)29(26)22-17-15-21(16-18-22)28(32)33-25(19-9-3-1-4-10-19)20-11-5-2-6-12-20/h1-18,25H. The van der Waals surface area contributed by atoms with Crippen LogP contribution < -0.4 is 4.90 Å². The number of amides is 2. The average Bonchev–Trinajstić information content (AvgIpc) is 3.13. The van der Waals surface area contributed by atoms with E-state index < -0.39 is 12.1 Å². The first-order chi connectivity index (χ1) is 16.1. The third kappa shape index (κ3) is 3.81. The topological polar surface area (TPSA) is 63.7 Å². The zero-order valence-corrected chi connectivity index (χ0v) is 17.5. The first-order valence-corrected chi connectivity index (χ1v) is 10.5. The van der Waals surface area contributed by atoms with Gasteiger partial charge in [-0.2, -0.15) is 0 Å². The third-order valence-electron chi connectivity index (χ3n) is 5.58. The molecule has 0 radical (unpaired) electrons. The van der Waals surface area contributed by atoms with Crippen LogP contribution in [0.25, 0.3) is 0 Å². The fourth-order valence-electron chi connectivity index (χ4n) is 3.93. The number of hydrogen-bond donors (Lipinski definition) is 0. The lowest BCUT2D eigenvalue weighted by Crippen LogP contribution is -2.29. The van der Waals surface area contributed by atoms with E-state index in [1.807, 2.05) is 60.7 Å². The maximum absolute atomic E-state index is 13.0. The van der Waals surface area contributed by atoms with Crippen LogP contribution in [0.2, 0.25) is 0 Å². The molecule has 0 N–H and O–H groups in total. The van der Waals surface area contributed by atoms with Crippen molar-refractivity contribution in [3.05, 3.63) is 137 Å². The minimum absolute atomic E-state index is 0.326. The molecule has 0 atom stereocenters. The molecule has 5 heteroatoms.